The highest BCUT2D eigenvalue weighted by molar-refractivity contribution is 5.81. The lowest BCUT2D eigenvalue weighted by molar-refractivity contribution is -0.142. The molecular formula is C11H19NO5. The van der Waals surface area contributed by atoms with Gasteiger partial charge in [0.25, 0.3) is 0 Å². The second-order valence-electron chi connectivity index (χ2n) is 5.08. The number of nitrogens with zero attached hydrogens (tertiary/aromatic N) is 1. The normalized spacial score (nSPS) is 24.8. The van der Waals surface area contributed by atoms with Crippen LogP contribution in [0.25, 0.3) is 0 Å². The van der Waals surface area contributed by atoms with Gasteiger partial charge in [-0.1, -0.05) is 0 Å². The highest BCUT2D eigenvalue weighted by Gasteiger charge is 2.41. The topological polar surface area (TPSA) is 76.1 Å². The van der Waals surface area contributed by atoms with Crippen LogP contribution in [0.2, 0.25) is 0 Å². The van der Waals surface area contributed by atoms with Gasteiger partial charge in [0.2, 0.25) is 0 Å². The number of carboxylic acid groups (broad SMARTS) is 1. The fraction of sp³-hybridized carbons (Fsp3) is 0.818. The summed E-state index contributed by atoms with van der Waals surface area (Å²) in [5, 5.41) is 9.04. The Kier molecular flexibility index (Phi) is 3.98. The van der Waals surface area contributed by atoms with Crippen molar-refractivity contribution in [3.05, 3.63) is 0 Å². The van der Waals surface area contributed by atoms with Crippen molar-refractivity contribution >= 4 is 12.1 Å². The van der Waals surface area contributed by atoms with E-state index in [-0.39, 0.29) is 12.6 Å². The van der Waals surface area contributed by atoms with Gasteiger partial charge in [0.05, 0.1) is 12.6 Å². The zero-order chi connectivity index (χ0) is 13.2. The molecule has 6 heteroatoms. The molecular weight excluding hydrogens is 226 g/mol. The minimum Gasteiger partial charge on any atom is -0.480 e. The van der Waals surface area contributed by atoms with Gasteiger partial charge in [-0.15, -0.1) is 0 Å². The second kappa shape index (κ2) is 4.91. The number of methoxy groups -OCH3 is 1. The minimum absolute atomic E-state index is 0.247. The predicted molar refractivity (Wildman–Crippen MR) is 59.8 cm³/mol. The van der Waals surface area contributed by atoms with Gasteiger partial charge in [0, 0.05) is 13.5 Å². The van der Waals surface area contributed by atoms with Crippen LogP contribution in [-0.2, 0) is 14.3 Å². The van der Waals surface area contributed by atoms with Crippen LogP contribution >= 0.6 is 0 Å². The molecule has 1 aliphatic heterocycles. The Hall–Kier alpha value is -1.30. The Morgan fingerprint density at radius 3 is 2.35 bits per heavy atom. The van der Waals surface area contributed by atoms with Crippen LogP contribution in [0.1, 0.15) is 27.2 Å². The van der Waals surface area contributed by atoms with Crippen molar-refractivity contribution in [2.45, 2.75) is 44.9 Å². The average molecular weight is 245 g/mol. The number of rotatable bonds is 2. The van der Waals surface area contributed by atoms with Crippen LogP contribution in [-0.4, -0.2) is 53.5 Å². The van der Waals surface area contributed by atoms with E-state index in [1.165, 1.54) is 12.0 Å². The van der Waals surface area contributed by atoms with Crippen LogP contribution in [0.15, 0.2) is 0 Å². The molecule has 6 nitrogen and oxygen atoms in total. The molecule has 0 aromatic heterocycles. The molecule has 1 N–H and O–H groups in total. The maximum absolute atomic E-state index is 11.8. The molecule has 17 heavy (non-hydrogen) atoms. The van der Waals surface area contributed by atoms with Crippen molar-refractivity contribution in [3.8, 4) is 0 Å². The van der Waals surface area contributed by atoms with Gasteiger partial charge >= 0.3 is 12.1 Å². The van der Waals surface area contributed by atoms with Crippen LogP contribution < -0.4 is 0 Å². The summed E-state index contributed by atoms with van der Waals surface area (Å²) in [5.41, 5.74) is -0.634. The van der Waals surface area contributed by atoms with Crippen LogP contribution in [0.5, 0.6) is 0 Å². The van der Waals surface area contributed by atoms with Crippen LogP contribution in [0, 0.1) is 0 Å². The SMILES string of the molecule is CO[C@@H]1C[C@@H](C(=O)O)N(C(=O)OC(C)(C)C)C1. The Morgan fingerprint density at radius 1 is 1.35 bits per heavy atom. The highest BCUT2D eigenvalue weighted by Crippen LogP contribution is 2.22. The lowest BCUT2D eigenvalue weighted by Crippen LogP contribution is -2.43. The summed E-state index contributed by atoms with van der Waals surface area (Å²) in [6, 6.07) is -0.866. The molecule has 1 amide bonds. The molecule has 0 saturated carbocycles. The fourth-order valence-corrected chi connectivity index (χ4v) is 1.72. The Morgan fingerprint density at radius 2 is 1.94 bits per heavy atom. The number of ether oxygens (including phenoxy) is 2. The molecule has 0 spiro atoms. The molecule has 1 heterocycles. The van der Waals surface area contributed by atoms with E-state index < -0.39 is 23.7 Å². The monoisotopic (exact) mass is 245 g/mol. The molecule has 2 atom stereocenters. The summed E-state index contributed by atoms with van der Waals surface area (Å²) in [7, 11) is 1.50. The first kappa shape index (κ1) is 13.8. The largest absolute Gasteiger partial charge is 0.480 e. The van der Waals surface area contributed by atoms with Crippen LogP contribution in [0.4, 0.5) is 4.79 Å². The second-order valence-corrected chi connectivity index (χ2v) is 5.08. The number of hydrogen-bond acceptors (Lipinski definition) is 4. The first-order chi connectivity index (χ1) is 7.74. The third kappa shape index (κ3) is 3.59. The Balaban J connectivity index is 2.73. The molecule has 1 fully saturated rings. The first-order valence-corrected chi connectivity index (χ1v) is 5.50. The van der Waals surface area contributed by atoms with E-state index in [9.17, 15) is 9.59 Å². The van der Waals surface area contributed by atoms with Crippen molar-refractivity contribution in [3.63, 3.8) is 0 Å². The van der Waals surface area contributed by atoms with Gasteiger partial charge in [-0.25, -0.2) is 9.59 Å². The maximum atomic E-state index is 11.8. The molecule has 0 unspecified atom stereocenters. The van der Waals surface area contributed by atoms with E-state index in [1.807, 2.05) is 0 Å². The van der Waals surface area contributed by atoms with Crippen molar-refractivity contribution in [1.29, 1.82) is 0 Å². The Labute approximate surface area is 100 Å². The molecule has 0 radical (unpaired) electrons. The number of hydrogen-bond donors (Lipinski definition) is 1. The van der Waals surface area contributed by atoms with Gasteiger partial charge in [0.1, 0.15) is 11.6 Å². The van der Waals surface area contributed by atoms with E-state index in [0.29, 0.717) is 6.42 Å². The summed E-state index contributed by atoms with van der Waals surface area (Å²) < 4.78 is 10.3. The number of carboxylic acids is 1. The maximum Gasteiger partial charge on any atom is 0.411 e. The van der Waals surface area contributed by atoms with Gasteiger partial charge < -0.3 is 14.6 Å². The third-order valence-corrected chi connectivity index (χ3v) is 2.51. The van der Waals surface area contributed by atoms with Crippen LogP contribution in [0.3, 0.4) is 0 Å². The van der Waals surface area contributed by atoms with Gasteiger partial charge in [-0.05, 0) is 20.8 Å². The smallest absolute Gasteiger partial charge is 0.411 e. The van der Waals surface area contributed by atoms with Crippen molar-refractivity contribution in [2.24, 2.45) is 0 Å². The quantitative estimate of drug-likeness (QED) is 0.788. The van der Waals surface area contributed by atoms with E-state index >= 15 is 0 Å². The lowest BCUT2D eigenvalue weighted by Gasteiger charge is -2.26. The number of carbonyl (C=O) groups is 2. The average Bonchev–Trinajstić information content (AvgIpc) is 2.58. The molecule has 0 aromatic rings. The van der Waals surface area contributed by atoms with Crippen molar-refractivity contribution in [1.82, 2.24) is 4.90 Å². The van der Waals surface area contributed by atoms with Gasteiger partial charge in [-0.3, -0.25) is 4.90 Å². The number of likely N-dealkylation sites (tertiary alicyclic amines) is 1. The fourth-order valence-electron chi connectivity index (χ4n) is 1.72. The number of amides is 1. The van der Waals surface area contributed by atoms with E-state index in [2.05, 4.69) is 0 Å². The molecule has 0 aromatic carbocycles. The summed E-state index contributed by atoms with van der Waals surface area (Å²) in [5.74, 6) is -1.03. The zero-order valence-electron chi connectivity index (χ0n) is 10.6. The highest BCUT2D eigenvalue weighted by atomic mass is 16.6. The zero-order valence-corrected chi connectivity index (χ0v) is 10.6. The Bertz CT molecular complexity index is 309. The summed E-state index contributed by atoms with van der Waals surface area (Å²) in [4.78, 5) is 24.1. The van der Waals surface area contributed by atoms with E-state index in [1.54, 1.807) is 20.8 Å². The molecule has 1 rings (SSSR count). The predicted octanol–water partition coefficient (Wildman–Crippen LogP) is 1.10. The third-order valence-electron chi connectivity index (χ3n) is 2.51. The molecule has 0 bridgehead atoms. The van der Waals surface area contributed by atoms with Crippen molar-refractivity contribution in [2.75, 3.05) is 13.7 Å². The first-order valence-electron chi connectivity index (χ1n) is 5.50. The molecule has 98 valence electrons. The molecule has 0 aliphatic carbocycles. The van der Waals surface area contributed by atoms with Gasteiger partial charge in [-0.2, -0.15) is 0 Å². The van der Waals surface area contributed by atoms with E-state index in [4.69, 9.17) is 14.6 Å². The number of carbonyl (C=O) groups excluding carboxylic acids is 1. The van der Waals surface area contributed by atoms with Crippen molar-refractivity contribution < 1.29 is 24.2 Å². The number of aliphatic carboxylic acids is 1. The molecule has 1 aliphatic rings. The standard InChI is InChI=1S/C11H19NO5/c1-11(2,3)17-10(15)12-6-7(16-4)5-8(12)9(13)14/h7-8H,5-6H2,1-4H3,(H,13,14)/t7-,8+/m1/s1. The summed E-state index contributed by atoms with van der Waals surface area (Å²) >= 11 is 0. The lowest BCUT2D eigenvalue weighted by atomic mass is 10.2. The molecule has 1 saturated heterocycles. The minimum atomic E-state index is -1.03. The van der Waals surface area contributed by atoms with E-state index in [0.717, 1.165) is 0 Å². The summed E-state index contributed by atoms with van der Waals surface area (Å²) in [6.07, 6.45) is -0.557. The summed E-state index contributed by atoms with van der Waals surface area (Å²) in [6.45, 7) is 5.47. The van der Waals surface area contributed by atoms with Gasteiger partial charge in [0.15, 0.2) is 0 Å².